The number of hydrogen-bond donors (Lipinski definition) is 2. The normalized spacial score (nSPS) is 12.1. The first kappa shape index (κ1) is 18.9. The molecule has 0 aliphatic heterocycles. The second kappa shape index (κ2) is 8.45. The molecule has 0 unspecified atom stereocenters. The topological polar surface area (TPSA) is 101 Å². The minimum Gasteiger partial charge on any atom is -0.467 e. The van der Waals surface area contributed by atoms with Crippen LogP contribution in [0.1, 0.15) is 43.8 Å². The van der Waals surface area contributed by atoms with Crippen molar-refractivity contribution in [3.63, 3.8) is 0 Å². The van der Waals surface area contributed by atoms with Gasteiger partial charge in [0, 0.05) is 17.7 Å². The highest BCUT2D eigenvalue weighted by Gasteiger charge is 2.22. The van der Waals surface area contributed by atoms with Crippen LogP contribution in [0.3, 0.4) is 0 Å². The fourth-order valence-corrected chi connectivity index (χ4v) is 2.38. The first-order valence-corrected chi connectivity index (χ1v) is 7.68. The molecular formula is C16H25N3O4. The van der Waals surface area contributed by atoms with Crippen LogP contribution in [0.2, 0.25) is 0 Å². The van der Waals surface area contributed by atoms with Crippen LogP contribution in [0.5, 0.6) is 0 Å². The molecule has 0 radical (unpaired) electrons. The van der Waals surface area contributed by atoms with Gasteiger partial charge >= 0.3 is 5.97 Å². The number of hydrogen-bond acceptors (Lipinski definition) is 5. The number of methoxy groups -OCH3 is 1. The van der Waals surface area contributed by atoms with E-state index in [4.69, 9.17) is 4.74 Å². The van der Waals surface area contributed by atoms with Crippen molar-refractivity contribution in [2.45, 2.75) is 53.0 Å². The van der Waals surface area contributed by atoms with Crippen molar-refractivity contribution in [3.05, 3.63) is 27.4 Å². The van der Waals surface area contributed by atoms with Crippen LogP contribution in [-0.2, 0) is 20.7 Å². The van der Waals surface area contributed by atoms with Gasteiger partial charge in [0.1, 0.15) is 11.9 Å². The quantitative estimate of drug-likeness (QED) is 0.730. The number of amides is 1. The molecular weight excluding hydrogens is 298 g/mol. The molecule has 1 aromatic heterocycles. The maximum absolute atomic E-state index is 12.1. The smallest absolute Gasteiger partial charge is 0.328 e. The molecule has 7 heteroatoms. The maximum atomic E-state index is 12.1. The van der Waals surface area contributed by atoms with Crippen LogP contribution in [0.15, 0.2) is 4.79 Å². The third-order valence-corrected chi connectivity index (χ3v) is 3.47. The van der Waals surface area contributed by atoms with Crippen LogP contribution >= 0.6 is 0 Å². The van der Waals surface area contributed by atoms with Crippen LogP contribution in [0.4, 0.5) is 0 Å². The van der Waals surface area contributed by atoms with Gasteiger partial charge in [0.2, 0.25) is 5.91 Å². The molecule has 1 atom stereocenters. The number of aromatic amines is 1. The summed E-state index contributed by atoms with van der Waals surface area (Å²) in [6, 6.07) is -0.664. The molecule has 1 heterocycles. The Morgan fingerprint density at radius 2 is 1.96 bits per heavy atom. The summed E-state index contributed by atoms with van der Waals surface area (Å²) in [7, 11) is 1.29. The monoisotopic (exact) mass is 323 g/mol. The number of nitrogens with zero attached hydrogens (tertiary/aromatic N) is 1. The van der Waals surface area contributed by atoms with Crippen molar-refractivity contribution in [2.75, 3.05) is 7.11 Å². The van der Waals surface area contributed by atoms with Gasteiger partial charge in [0.25, 0.3) is 5.56 Å². The first-order chi connectivity index (χ1) is 10.7. The number of ether oxygens (including phenoxy) is 1. The van der Waals surface area contributed by atoms with E-state index in [0.29, 0.717) is 23.5 Å². The lowest BCUT2D eigenvalue weighted by atomic mass is 10.0. The molecule has 1 aromatic rings. The Morgan fingerprint density at radius 3 is 2.48 bits per heavy atom. The molecule has 1 rings (SSSR count). The highest BCUT2D eigenvalue weighted by atomic mass is 16.5. The Morgan fingerprint density at radius 1 is 1.30 bits per heavy atom. The summed E-state index contributed by atoms with van der Waals surface area (Å²) in [5.41, 5.74) is 0.879. The summed E-state index contributed by atoms with van der Waals surface area (Å²) in [6.07, 6.45) is 0.889. The first-order valence-electron chi connectivity index (χ1n) is 7.68. The Hall–Kier alpha value is -2.18. The van der Waals surface area contributed by atoms with Gasteiger partial charge in [-0.05, 0) is 32.6 Å². The van der Waals surface area contributed by atoms with Crippen LogP contribution < -0.4 is 10.9 Å². The molecule has 0 aliphatic carbocycles. The lowest BCUT2D eigenvalue weighted by Gasteiger charge is -2.18. The fraction of sp³-hybridized carbons (Fsp3) is 0.625. The van der Waals surface area contributed by atoms with Crippen molar-refractivity contribution in [2.24, 2.45) is 5.92 Å². The molecule has 0 aliphatic rings. The van der Waals surface area contributed by atoms with Crippen LogP contribution in [-0.4, -0.2) is 35.0 Å². The standard InChI is InChI=1S/C16H25N3O4/c1-9(2)8-13(16(22)23-5)19-14(20)7-6-12-10(3)17-11(4)18-15(12)21/h9,13H,6-8H2,1-5H3,(H,19,20)(H,17,18,21)/t13-/m0/s1. The van der Waals surface area contributed by atoms with E-state index < -0.39 is 12.0 Å². The number of carbonyl (C=O) groups excluding carboxylic acids is 2. The van der Waals surface area contributed by atoms with Crippen molar-refractivity contribution in [1.82, 2.24) is 15.3 Å². The zero-order chi connectivity index (χ0) is 17.6. The van der Waals surface area contributed by atoms with Gasteiger partial charge in [-0.1, -0.05) is 13.8 Å². The largest absolute Gasteiger partial charge is 0.467 e. The van der Waals surface area contributed by atoms with Gasteiger partial charge < -0.3 is 15.0 Å². The highest BCUT2D eigenvalue weighted by Crippen LogP contribution is 2.08. The Labute approximate surface area is 135 Å². The SMILES string of the molecule is COC(=O)[C@H](CC(C)C)NC(=O)CCc1c(C)nc(C)[nH]c1=O. The van der Waals surface area contributed by atoms with Gasteiger partial charge in [0.15, 0.2) is 0 Å². The lowest BCUT2D eigenvalue weighted by molar-refractivity contribution is -0.145. The molecule has 7 nitrogen and oxygen atoms in total. The predicted octanol–water partition coefficient (Wildman–Crippen LogP) is 1.02. The average molecular weight is 323 g/mol. The molecule has 0 saturated heterocycles. The molecule has 23 heavy (non-hydrogen) atoms. The summed E-state index contributed by atoms with van der Waals surface area (Å²) >= 11 is 0. The van der Waals surface area contributed by atoms with E-state index in [-0.39, 0.29) is 30.2 Å². The summed E-state index contributed by atoms with van der Waals surface area (Å²) in [6.45, 7) is 7.37. The maximum Gasteiger partial charge on any atom is 0.328 e. The molecule has 2 N–H and O–H groups in total. The summed E-state index contributed by atoms with van der Waals surface area (Å²) in [4.78, 5) is 42.5. The highest BCUT2D eigenvalue weighted by molar-refractivity contribution is 5.84. The van der Waals surface area contributed by atoms with E-state index >= 15 is 0 Å². The predicted molar refractivity (Wildman–Crippen MR) is 86.1 cm³/mol. The molecule has 0 spiro atoms. The summed E-state index contributed by atoms with van der Waals surface area (Å²) in [5.74, 6) is 0.0349. The van der Waals surface area contributed by atoms with Crippen molar-refractivity contribution in [1.29, 1.82) is 0 Å². The van der Waals surface area contributed by atoms with E-state index in [0.717, 1.165) is 0 Å². The van der Waals surface area contributed by atoms with E-state index in [9.17, 15) is 14.4 Å². The van der Waals surface area contributed by atoms with Crippen molar-refractivity contribution >= 4 is 11.9 Å². The number of nitrogens with one attached hydrogen (secondary N) is 2. The lowest BCUT2D eigenvalue weighted by Crippen LogP contribution is -2.42. The van der Waals surface area contributed by atoms with Gasteiger partial charge in [0.05, 0.1) is 7.11 Å². The van der Waals surface area contributed by atoms with Crippen LogP contribution in [0.25, 0.3) is 0 Å². The number of rotatable bonds is 7. The molecule has 128 valence electrons. The number of carbonyl (C=O) groups is 2. The molecule has 0 aromatic carbocycles. The molecule has 1 amide bonds. The molecule has 0 bridgehead atoms. The average Bonchev–Trinajstić information content (AvgIpc) is 2.44. The van der Waals surface area contributed by atoms with Crippen molar-refractivity contribution in [3.8, 4) is 0 Å². The fourth-order valence-electron chi connectivity index (χ4n) is 2.38. The van der Waals surface area contributed by atoms with E-state index in [2.05, 4.69) is 15.3 Å². The Kier molecular flexibility index (Phi) is 6.93. The van der Waals surface area contributed by atoms with E-state index in [1.807, 2.05) is 13.8 Å². The Balaban J connectivity index is 2.69. The number of aryl methyl sites for hydroxylation is 2. The van der Waals surface area contributed by atoms with E-state index in [1.54, 1.807) is 13.8 Å². The number of H-pyrrole nitrogens is 1. The minimum absolute atomic E-state index is 0.111. The zero-order valence-electron chi connectivity index (χ0n) is 14.4. The zero-order valence-corrected chi connectivity index (χ0v) is 14.4. The summed E-state index contributed by atoms with van der Waals surface area (Å²) < 4.78 is 4.71. The van der Waals surface area contributed by atoms with E-state index in [1.165, 1.54) is 7.11 Å². The second-order valence-electron chi connectivity index (χ2n) is 5.99. The van der Waals surface area contributed by atoms with Gasteiger partial charge in [-0.15, -0.1) is 0 Å². The molecule has 0 fully saturated rings. The Bertz CT molecular complexity index is 622. The second-order valence-corrected chi connectivity index (χ2v) is 5.99. The van der Waals surface area contributed by atoms with Crippen LogP contribution in [0, 0.1) is 19.8 Å². The summed E-state index contributed by atoms with van der Waals surface area (Å²) in [5, 5.41) is 2.67. The minimum atomic E-state index is -0.664. The van der Waals surface area contributed by atoms with Gasteiger partial charge in [-0.2, -0.15) is 0 Å². The number of esters is 1. The van der Waals surface area contributed by atoms with Crippen molar-refractivity contribution < 1.29 is 14.3 Å². The number of aromatic nitrogens is 2. The molecule has 0 saturated carbocycles. The van der Waals surface area contributed by atoms with Gasteiger partial charge in [-0.3, -0.25) is 9.59 Å². The third-order valence-electron chi connectivity index (χ3n) is 3.47. The third kappa shape index (κ3) is 5.84. The van der Waals surface area contributed by atoms with Gasteiger partial charge in [-0.25, -0.2) is 9.78 Å².